The van der Waals surface area contributed by atoms with Gasteiger partial charge in [-0.05, 0) is 47.5 Å². The van der Waals surface area contributed by atoms with Crippen molar-refractivity contribution in [2.45, 2.75) is 12.7 Å². The molecule has 1 atom stereocenters. The number of pyridine rings is 1. The first-order valence-corrected chi connectivity index (χ1v) is 9.12. The lowest BCUT2D eigenvalue weighted by molar-refractivity contribution is 0.220. The van der Waals surface area contributed by atoms with E-state index in [1.165, 1.54) is 0 Å². The normalized spacial score (nSPS) is 11.9. The van der Waals surface area contributed by atoms with Gasteiger partial charge in [-0.15, -0.1) is 0 Å². The average Bonchev–Trinajstić information content (AvgIpc) is 2.77. The molecule has 3 aromatic carbocycles. The van der Waals surface area contributed by atoms with Crippen LogP contribution in [0, 0.1) is 0 Å². The lowest BCUT2D eigenvalue weighted by Crippen LogP contribution is -2.01. The average molecular weight is 371 g/mol. The number of fused-ring (bicyclic) bond motifs is 1. The highest BCUT2D eigenvalue weighted by atomic mass is 16.5. The summed E-state index contributed by atoms with van der Waals surface area (Å²) in [5, 5.41) is 11.7. The molecule has 1 heterocycles. The van der Waals surface area contributed by atoms with Crippen molar-refractivity contribution >= 4 is 10.9 Å². The maximum Gasteiger partial charge on any atom is 0.130 e. The summed E-state index contributed by atoms with van der Waals surface area (Å²) in [6.07, 6.45) is -0.692. The van der Waals surface area contributed by atoms with Gasteiger partial charge in [0, 0.05) is 5.39 Å². The Kier molecular flexibility index (Phi) is 5.22. The molecule has 0 aliphatic carbocycles. The molecule has 0 saturated carbocycles. The number of aliphatic hydroxyl groups excluding tert-OH is 1. The Bertz CT molecular complexity index is 1060. The topological polar surface area (TPSA) is 51.6 Å². The molecule has 4 rings (SSSR count). The van der Waals surface area contributed by atoms with Gasteiger partial charge in [-0.2, -0.15) is 0 Å². The van der Waals surface area contributed by atoms with E-state index in [2.05, 4.69) is 11.1 Å². The summed E-state index contributed by atoms with van der Waals surface area (Å²) in [5.41, 5.74) is 3.46. The Morgan fingerprint density at radius 1 is 0.786 bits per heavy atom. The van der Waals surface area contributed by atoms with Crippen LogP contribution in [-0.2, 0) is 6.61 Å². The first-order chi connectivity index (χ1) is 13.7. The van der Waals surface area contributed by atoms with Crippen molar-refractivity contribution in [3.8, 4) is 11.5 Å². The molecule has 1 N–H and O–H groups in total. The van der Waals surface area contributed by atoms with Crippen LogP contribution in [0.3, 0.4) is 0 Å². The van der Waals surface area contributed by atoms with Gasteiger partial charge in [0.25, 0.3) is 0 Å². The molecule has 0 bridgehead atoms. The number of hydrogen-bond donors (Lipinski definition) is 1. The molecule has 140 valence electrons. The third-order valence-corrected chi connectivity index (χ3v) is 4.67. The van der Waals surface area contributed by atoms with Crippen LogP contribution in [0.1, 0.15) is 22.9 Å². The first kappa shape index (κ1) is 18.0. The fourth-order valence-electron chi connectivity index (χ4n) is 3.07. The van der Waals surface area contributed by atoms with E-state index in [9.17, 15) is 5.11 Å². The molecule has 0 aliphatic heterocycles. The first-order valence-electron chi connectivity index (χ1n) is 9.12. The number of benzene rings is 3. The number of hydrogen-bond acceptors (Lipinski definition) is 4. The largest absolute Gasteiger partial charge is 0.497 e. The minimum atomic E-state index is -0.692. The minimum absolute atomic E-state index is 0.394. The van der Waals surface area contributed by atoms with Crippen molar-refractivity contribution in [3.05, 3.63) is 102 Å². The molecular weight excluding hydrogens is 350 g/mol. The molecule has 4 nitrogen and oxygen atoms in total. The van der Waals surface area contributed by atoms with Crippen LogP contribution >= 0.6 is 0 Å². The van der Waals surface area contributed by atoms with Gasteiger partial charge >= 0.3 is 0 Å². The van der Waals surface area contributed by atoms with Crippen LogP contribution in [0.15, 0.2) is 84.9 Å². The molecule has 0 radical (unpaired) electrons. The molecule has 4 aromatic rings. The smallest absolute Gasteiger partial charge is 0.130 e. The van der Waals surface area contributed by atoms with E-state index in [0.29, 0.717) is 6.61 Å². The SMILES string of the molecule is COc1ccc(C(O)c2ccc(OCc3ccc4ccccc4n3)cc2)cc1. The molecule has 0 saturated heterocycles. The number of rotatable bonds is 6. The predicted octanol–water partition coefficient (Wildman–Crippen LogP) is 4.90. The lowest BCUT2D eigenvalue weighted by Gasteiger charge is -2.13. The van der Waals surface area contributed by atoms with E-state index < -0.39 is 6.10 Å². The second-order valence-electron chi connectivity index (χ2n) is 6.53. The van der Waals surface area contributed by atoms with Crippen LogP contribution in [0.5, 0.6) is 11.5 Å². The summed E-state index contributed by atoms with van der Waals surface area (Å²) in [7, 11) is 1.62. The zero-order valence-electron chi connectivity index (χ0n) is 15.6. The van der Waals surface area contributed by atoms with Crippen LogP contribution in [0.2, 0.25) is 0 Å². The third kappa shape index (κ3) is 3.97. The maximum atomic E-state index is 10.6. The molecule has 1 unspecified atom stereocenters. The summed E-state index contributed by atoms with van der Waals surface area (Å²) in [5.74, 6) is 1.50. The van der Waals surface area contributed by atoms with Crippen LogP contribution in [-0.4, -0.2) is 17.2 Å². The molecule has 0 fully saturated rings. The molecule has 0 spiro atoms. The Morgan fingerprint density at radius 2 is 1.43 bits per heavy atom. The second-order valence-corrected chi connectivity index (χ2v) is 6.53. The van der Waals surface area contributed by atoms with Crippen LogP contribution in [0.25, 0.3) is 10.9 Å². The number of aliphatic hydroxyl groups is 1. The van der Waals surface area contributed by atoms with E-state index in [1.807, 2.05) is 78.9 Å². The number of methoxy groups -OCH3 is 1. The van der Waals surface area contributed by atoms with Crippen molar-refractivity contribution in [2.24, 2.45) is 0 Å². The number of para-hydroxylation sites is 1. The van der Waals surface area contributed by atoms with E-state index in [0.717, 1.165) is 39.2 Å². The number of aromatic nitrogens is 1. The Hall–Kier alpha value is -3.37. The molecular formula is C24H21NO3. The van der Waals surface area contributed by atoms with Gasteiger partial charge in [0.05, 0.1) is 18.3 Å². The van der Waals surface area contributed by atoms with Crippen molar-refractivity contribution in [1.82, 2.24) is 4.98 Å². The summed E-state index contributed by atoms with van der Waals surface area (Å²) >= 11 is 0. The minimum Gasteiger partial charge on any atom is -0.497 e. The van der Waals surface area contributed by atoms with Gasteiger partial charge in [0.15, 0.2) is 0 Å². The fraction of sp³-hybridized carbons (Fsp3) is 0.125. The fourth-order valence-corrected chi connectivity index (χ4v) is 3.07. The van der Waals surface area contributed by atoms with E-state index >= 15 is 0 Å². The molecule has 1 aromatic heterocycles. The molecule has 0 aliphatic rings. The van der Waals surface area contributed by atoms with Crippen LogP contribution in [0.4, 0.5) is 0 Å². The monoisotopic (exact) mass is 371 g/mol. The van der Waals surface area contributed by atoms with Gasteiger partial charge in [0.1, 0.15) is 24.2 Å². The van der Waals surface area contributed by atoms with Gasteiger partial charge in [0.2, 0.25) is 0 Å². The summed E-state index contributed by atoms with van der Waals surface area (Å²) in [4.78, 5) is 4.61. The Balaban J connectivity index is 1.42. The lowest BCUT2D eigenvalue weighted by atomic mass is 10.0. The zero-order valence-corrected chi connectivity index (χ0v) is 15.6. The van der Waals surface area contributed by atoms with Gasteiger partial charge < -0.3 is 14.6 Å². The van der Waals surface area contributed by atoms with E-state index in [1.54, 1.807) is 7.11 Å². The van der Waals surface area contributed by atoms with Crippen LogP contribution < -0.4 is 9.47 Å². The third-order valence-electron chi connectivity index (χ3n) is 4.67. The van der Waals surface area contributed by atoms with E-state index in [-0.39, 0.29) is 0 Å². The van der Waals surface area contributed by atoms with Crippen molar-refractivity contribution in [2.75, 3.05) is 7.11 Å². The van der Waals surface area contributed by atoms with Gasteiger partial charge in [-0.25, -0.2) is 4.98 Å². The predicted molar refractivity (Wildman–Crippen MR) is 110 cm³/mol. The van der Waals surface area contributed by atoms with Crippen molar-refractivity contribution in [1.29, 1.82) is 0 Å². The van der Waals surface area contributed by atoms with E-state index in [4.69, 9.17) is 9.47 Å². The quantitative estimate of drug-likeness (QED) is 0.523. The molecule has 0 amide bonds. The number of nitrogens with zero attached hydrogens (tertiary/aromatic N) is 1. The highest BCUT2D eigenvalue weighted by molar-refractivity contribution is 5.78. The van der Waals surface area contributed by atoms with Gasteiger partial charge in [-0.1, -0.05) is 48.5 Å². The molecule has 28 heavy (non-hydrogen) atoms. The maximum absolute atomic E-state index is 10.6. The summed E-state index contributed by atoms with van der Waals surface area (Å²) < 4.78 is 11.0. The van der Waals surface area contributed by atoms with Crippen molar-refractivity contribution < 1.29 is 14.6 Å². The highest BCUT2D eigenvalue weighted by Gasteiger charge is 2.11. The Labute approximate surface area is 164 Å². The zero-order chi connectivity index (χ0) is 19.3. The highest BCUT2D eigenvalue weighted by Crippen LogP contribution is 2.26. The van der Waals surface area contributed by atoms with Crippen molar-refractivity contribution in [3.63, 3.8) is 0 Å². The number of ether oxygens (including phenoxy) is 2. The Morgan fingerprint density at radius 3 is 2.11 bits per heavy atom. The molecule has 4 heteroatoms. The second kappa shape index (κ2) is 8.11. The summed E-state index contributed by atoms with van der Waals surface area (Å²) in [6, 6.07) is 26.9. The van der Waals surface area contributed by atoms with Gasteiger partial charge in [-0.3, -0.25) is 0 Å². The summed E-state index contributed by atoms with van der Waals surface area (Å²) in [6.45, 7) is 0.394. The standard InChI is InChI=1S/C24H21NO3/c1-27-21-12-7-18(8-13-21)24(26)19-9-14-22(15-10-19)28-16-20-11-6-17-4-2-3-5-23(17)25-20/h2-15,24,26H,16H2,1H3.